The molecule has 1 aliphatic rings. The van der Waals surface area contributed by atoms with Gasteiger partial charge in [-0.3, -0.25) is 0 Å². The molecule has 4 nitrogen and oxygen atoms in total. The Morgan fingerprint density at radius 2 is 1.95 bits per heavy atom. The molecular formula is C15H17NO3S2. The van der Waals surface area contributed by atoms with E-state index in [4.69, 9.17) is 4.74 Å². The standard InChI is InChI=1S/C15H17NO3S2/c1-16-7-6-11(10-16)19-14(17)15(18,12-4-2-8-20-12)13-5-3-9-21-13/h2-5,8-9,11,18H,6-7,10H2,1H3/t11-/m0/s1. The lowest BCUT2D eigenvalue weighted by atomic mass is 10.00. The van der Waals surface area contributed by atoms with Gasteiger partial charge in [-0.1, -0.05) is 12.1 Å². The average molecular weight is 323 g/mol. The largest absolute Gasteiger partial charge is 0.458 e. The monoisotopic (exact) mass is 323 g/mol. The van der Waals surface area contributed by atoms with E-state index < -0.39 is 11.6 Å². The predicted molar refractivity (Wildman–Crippen MR) is 83.6 cm³/mol. The Balaban J connectivity index is 1.87. The van der Waals surface area contributed by atoms with Crippen LogP contribution in [0.4, 0.5) is 0 Å². The number of carbonyl (C=O) groups is 1. The number of rotatable bonds is 4. The molecule has 0 aliphatic carbocycles. The maximum Gasteiger partial charge on any atom is 0.349 e. The van der Waals surface area contributed by atoms with Crippen molar-refractivity contribution in [3.8, 4) is 0 Å². The molecule has 6 heteroatoms. The highest BCUT2D eigenvalue weighted by Gasteiger charge is 2.45. The van der Waals surface area contributed by atoms with Crippen LogP contribution in [0.15, 0.2) is 35.0 Å². The summed E-state index contributed by atoms with van der Waals surface area (Å²) in [6.07, 6.45) is 0.668. The zero-order valence-corrected chi connectivity index (χ0v) is 13.3. The van der Waals surface area contributed by atoms with Crippen LogP contribution < -0.4 is 0 Å². The smallest absolute Gasteiger partial charge is 0.349 e. The first-order chi connectivity index (χ1) is 10.1. The topological polar surface area (TPSA) is 49.8 Å². The van der Waals surface area contributed by atoms with E-state index in [1.54, 1.807) is 12.1 Å². The first-order valence-electron chi connectivity index (χ1n) is 6.80. The van der Waals surface area contributed by atoms with Crippen LogP contribution >= 0.6 is 22.7 Å². The zero-order chi connectivity index (χ0) is 14.9. The SMILES string of the molecule is CN1CC[C@H](OC(=O)C(O)(c2cccs2)c2cccs2)C1. The fourth-order valence-corrected chi connectivity index (χ4v) is 4.23. The number of likely N-dealkylation sites (tertiary alicyclic amines) is 1. The minimum Gasteiger partial charge on any atom is -0.458 e. The van der Waals surface area contributed by atoms with Crippen LogP contribution in [0.2, 0.25) is 0 Å². The highest BCUT2D eigenvalue weighted by atomic mass is 32.1. The zero-order valence-electron chi connectivity index (χ0n) is 11.7. The molecule has 0 unspecified atom stereocenters. The second-order valence-electron chi connectivity index (χ2n) is 5.24. The van der Waals surface area contributed by atoms with Crippen molar-refractivity contribution in [1.82, 2.24) is 4.90 Å². The van der Waals surface area contributed by atoms with Gasteiger partial charge in [-0.2, -0.15) is 0 Å². The Kier molecular flexibility index (Phi) is 4.12. The minimum atomic E-state index is -1.69. The lowest BCUT2D eigenvalue weighted by molar-refractivity contribution is -0.166. The summed E-state index contributed by atoms with van der Waals surface area (Å²) in [5.74, 6) is -0.576. The number of nitrogens with zero attached hydrogens (tertiary/aromatic N) is 1. The molecule has 0 radical (unpaired) electrons. The Morgan fingerprint density at radius 1 is 1.33 bits per heavy atom. The molecule has 0 saturated carbocycles. The van der Waals surface area contributed by atoms with Gasteiger partial charge in [0.2, 0.25) is 5.60 Å². The van der Waals surface area contributed by atoms with Gasteiger partial charge in [0.25, 0.3) is 0 Å². The van der Waals surface area contributed by atoms with Crippen LogP contribution in [0.1, 0.15) is 16.2 Å². The van der Waals surface area contributed by atoms with Crippen LogP contribution in [0, 0.1) is 0 Å². The number of hydrogen-bond acceptors (Lipinski definition) is 6. The molecule has 1 N–H and O–H groups in total. The molecule has 3 heterocycles. The second kappa shape index (κ2) is 5.88. The molecule has 2 aromatic rings. The summed E-state index contributed by atoms with van der Waals surface area (Å²) < 4.78 is 5.58. The van der Waals surface area contributed by atoms with Gasteiger partial charge in [0.1, 0.15) is 6.10 Å². The Hall–Kier alpha value is -1.21. The molecule has 2 aromatic heterocycles. The maximum absolute atomic E-state index is 12.6. The third-order valence-electron chi connectivity index (χ3n) is 3.67. The number of aliphatic hydroxyl groups is 1. The number of thiophene rings is 2. The quantitative estimate of drug-likeness (QED) is 0.877. The summed E-state index contributed by atoms with van der Waals surface area (Å²) in [6, 6.07) is 7.20. The van der Waals surface area contributed by atoms with E-state index in [1.165, 1.54) is 22.7 Å². The maximum atomic E-state index is 12.6. The summed E-state index contributed by atoms with van der Waals surface area (Å²) in [4.78, 5) is 16.0. The van der Waals surface area contributed by atoms with E-state index in [0.717, 1.165) is 19.5 Å². The van der Waals surface area contributed by atoms with E-state index in [-0.39, 0.29) is 6.10 Å². The van der Waals surface area contributed by atoms with E-state index in [0.29, 0.717) is 9.75 Å². The van der Waals surface area contributed by atoms with E-state index >= 15 is 0 Å². The molecule has 112 valence electrons. The van der Waals surface area contributed by atoms with Gasteiger partial charge in [-0.25, -0.2) is 4.79 Å². The average Bonchev–Trinajstić information content (AvgIpc) is 3.20. The van der Waals surface area contributed by atoms with E-state index in [2.05, 4.69) is 4.90 Å². The fraction of sp³-hybridized carbons (Fsp3) is 0.400. The molecule has 21 heavy (non-hydrogen) atoms. The molecule has 1 saturated heterocycles. The van der Waals surface area contributed by atoms with Gasteiger partial charge in [0.15, 0.2) is 0 Å². The van der Waals surface area contributed by atoms with Gasteiger partial charge in [0.05, 0.1) is 9.75 Å². The van der Waals surface area contributed by atoms with Crippen LogP contribution in [0.5, 0.6) is 0 Å². The number of hydrogen-bond donors (Lipinski definition) is 1. The summed E-state index contributed by atoms with van der Waals surface area (Å²) in [5, 5.41) is 14.8. The van der Waals surface area contributed by atoms with Crippen LogP contribution in [-0.2, 0) is 15.1 Å². The third kappa shape index (κ3) is 2.76. The lowest BCUT2D eigenvalue weighted by Crippen LogP contribution is -2.39. The first kappa shape index (κ1) is 14.7. The number of likely N-dealkylation sites (N-methyl/N-ethyl adjacent to an activating group) is 1. The number of carbonyl (C=O) groups excluding carboxylic acids is 1. The van der Waals surface area contributed by atoms with Crippen LogP contribution in [-0.4, -0.2) is 42.2 Å². The molecule has 0 amide bonds. The first-order valence-corrected chi connectivity index (χ1v) is 8.56. The van der Waals surface area contributed by atoms with E-state index in [1.807, 2.05) is 29.9 Å². The Labute approximate surface area is 131 Å². The predicted octanol–water partition coefficient (Wildman–Crippen LogP) is 2.29. The second-order valence-corrected chi connectivity index (χ2v) is 7.14. The molecule has 1 fully saturated rings. The van der Waals surface area contributed by atoms with Gasteiger partial charge in [-0.05, 0) is 36.4 Å². The summed E-state index contributed by atoms with van der Waals surface area (Å²) in [6.45, 7) is 1.63. The number of esters is 1. The summed E-state index contributed by atoms with van der Waals surface area (Å²) in [5.41, 5.74) is -1.69. The van der Waals surface area contributed by atoms with Gasteiger partial charge in [0, 0.05) is 13.1 Å². The number of ether oxygens (including phenoxy) is 1. The van der Waals surface area contributed by atoms with Gasteiger partial charge < -0.3 is 14.7 Å². The van der Waals surface area contributed by atoms with Crippen molar-refractivity contribution in [3.63, 3.8) is 0 Å². The van der Waals surface area contributed by atoms with Crippen molar-refractivity contribution in [2.24, 2.45) is 0 Å². The molecule has 3 rings (SSSR count). The Bertz CT molecular complexity index is 560. The third-order valence-corrected chi connectivity index (χ3v) is 5.63. The van der Waals surface area contributed by atoms with Crippen LogP contribution in [0.25, 0.3) is 0 Å². The fourth-order valence-electron chi connectivity index (χ4n) is 2.52. The van der Waals surface area contributed by atoms with E-state index in [9.17, 15) is 9.90 Å². The van der Waals surface area contributed by atoms with Gasteiger partial charge >= 0.3 is 5.97 Å². The van der Waals surface area contributed by atoms with Crippen molar-refractivity contribution < 1.29 is 14.6 Å². The summed E-state index contributed by atoms with van der Waals surface area (Å²) in [7, 11) is 2.00. The molecular weight excluding hydrogens is 306 g/mol. The summed E-state index contributed by atoms with van der Waals surface area (Å²) >= 11 is 2.72. The lowest BCUT2D eigenvalue weighted by Gasteiger charge is -2.25. The molecule has 1 atom stereocenters. The van der Waals surface area contributed by atoms with Crippen molar-refractivity contribution in [2.45, 2.75) is 18.1 Å². The highest BCUT2D eigenvalue weighted by Crippen LogP contribution is 2.37. The molecule has 0 bridgehead atoms. The van der Waals surface area contributed by atoms with Crippen molar-refractivity contribution in [3.05, 3.63) is 44.8 Å². The Morgan fingerprint density at radius 3 is 2.38 bits per heavy atom. The minimum absolute atomic E-state index is 0.144. The van der Waals surface area contributed by atoms with Crippen molar-refractivity contribution >= 4 is 28.6 Å². The van der Waals surface area contributed by atoms with Crippen molar-refractivity contribution in [2.75, 3.05) is 20.1 Å². The highest BCUT2D eigenvalue weighted by molar-refractivity contribution is 7.12. The molecule has 1 aliphatic heterocycles. The van der Waals surface area contributed by atoms with Crippen molar-refractivity contribution in [1.29, 1.82) is 0 Å². The van der Waals surface area contributed by atoms with Crippen LogP contribution in [0.3, 0.4) is 0 Å². The molecule has 0 spiro atoms. The molecule has 0 aromatic carbocycles. The van der Waals surface area contributed by atoms with Gasteiger partial charge in [-0.15, -0.1) is 22.7 Å². The normalized spacial score (nSPS) is 19.8.